The third kappa shape index (κ3) is 2.13. The van der Waals surface area contributed by atoms with E-state index in [1.165, 1.54) is 6.92 Å². The molecule has 0 aromatic heterocycles. The lowest BCUT2D eigenvalue weighted by Crippen LogP contribution is -2.36. The van der Waals surface area contributed by atoms with Crippen LogP contribution >= 0.6 is 0 Å². The van der Waals surface area contributed by atoms with Crippen molar-refractivity contribution in [3.63, 3.8) is 0 Å². The van der Waals surface area contributed by atoms with Gasteiger partial charge >= 0.3 is 5.97 Å². The highest BCUT2D eigenvalue weighted by atomic mass is 16.5. The lowest BCUT2D eigenvalue weighted by atomic mass is 9.83. The van der Waals surface area contributed by atoms with Gasteiger partial charge in [-0.1, -0.05) is 6.07 Å². The van der Waals surface area contributed by atoms with Gasteiger partial charge in [-0.3, -0.25) is 4.79 Å². The molecule has 5 heteroatoms. The van der Waals surface area contributed by atoms with Gasteiger partial charge < -0.3 is 19.7 Å². The van der Waals surface area contributed by atoms with E-state index < -0.39 is 18.0 Å². The van der Waals surface area contributed by atoms with E-state index in [0.717, 1.165) is 6.42 Å². The second-order valence-corrected chi connectivity index (χ2v) is 4.51. The van der Waals surface area contributed by atoms with Crippen molar-refractivity contribution in [1.82, 2.24) is 0 Å². The molecule has 1 heterocycles. The lowest BCUT2D eigenvalue weighted by molar-refractivity contribution is -0.144. The van der Waals surface area contributed by atoms with Crippen LogP contribution in [0, 0.1) is 0 Å². The van der Waals surface area contributed by atoms with Crippen molar-refractivity contribution >= 4 is 5.97 Å². The minimum Gasteiger partial charge on any atom is -0.490 e. The van der Waals surface area contributed by atoms with Crippen LogP contribution in [-0.2, 0) is 10.2 Å². The van der Waals surface area contributed by atoms with Gasteiger partial charge in [0, 0.05) is 6.42 Å². The molecule has 0 saturated carbocycles. The smallest absolute Gasteiger partial charge is 0.316 e. The summed E-state index contributed by atoms with van der Waals surface area (Å²) in [6.07, 6.45) is 0.792. The van der Waals surface area contributed by atoms with Gasteiger partial charge in [0.2, 0.25) is 0 Å². The maximum atomic E-state index is 11.3. The highest BCUT2D eigenvalue weighted by Crippen LogP contribution is 2.35. The summed E-state index contributed by atoms with van der Waals surface area (Å²) >= 11 is 0. The lowest BCUT2D eigenvalue weighted by Gasteiger charge is -2.23. The van der Waals surface area contributed by atoms with E-state index in [0.29, 0.717) is 30.3 Å². The Labute approximate surface area is 105 Å². The molecular weight excluding hydrogens is 236 g/mol. The fourth-order valence-electron chi connectivity index (χ4n) is 1.79. The zero-order valence-corrected chi connectivity index (χ0v) is 10.2. The second-order valence-electron chi connectivity index (χ2n) is 4.51. The number of carbonyl (C=O) groups is 1. The Balaban J connectivity index is 2.41. The number of aliphatic hydroxyl groups is 1. The summed E-state index contributed by atoms with van der Waals surface area (Å²) in [6.45, 7) is 2.14. The number of carboxylic acids is 1. The van der Waals surface area contributed by atoms with Gasteiger partial charge in [0.1, 0.15) is 5.41 Å². The first-order chi connectivity index (χ1) is 8.58. The molecule has 18 heavy (non-hydrogen) atoms. The molecule has 2 N–H and O–H groups in total. The summed E-state index contributed by atoms with van der Waals surface area (Å²) < 4.78 is 11.0. The Morgan fingerprint density at radius 2 is 2.00 bits per heavy atom. The molecule has 1 aromatic rings. The molecule has 2 rings (SSSR count). The number of hydrogen-bond acceptors (Lipinski definition) is 4. The molecule has 0 radical (unpaired) electrons. The van der Waals surface area contributed by atoms with Gasteiger partial charge in [0.05, 0.1) is 19.8 Å². The van der Waals surface area contributed by atoms with E-state index in [1.807, 2.05) is 0 Å². The summed E-state index contributed by atoms with van der Waals surface area (Å²) in [4.78, 5) is 11.3. The number of hydrogen-bond donors (Lipinski definition) is 2. The fourth-order valence-corrected chi connectivity index (χ4v) is 1.79. The molecule has 0 aliphatic carbocycles. The van der Waals surface area contributed by atoms with E-state index in [-0.39, 0.29) is 0 Å². The molecule has 0 spiro atoms. The number of aliphatic carboxylic acids is 1. The number of carboxylic acid groups (broad SMARTS) is 1. The van der Waals surface area contributed by atoms with Gasteiger partial charge in [-0.25, -0.2) is 0 Å². The van der Waals surface area contributed by atoms with Crippen LogP contribution in [0.2, 0.25) is 0 Å². The molecule has 0 saturated heterocycles. The maximum Gasteiger partial charge on any atom is 0.316 e. The Kier molecular flexibility index (Phi) is 3.43. The average molecular weight is 252 g/mol. The van der Waals surface area contributed by atoms with Crippen LogP contribution in [0.1, 0.15) is 18.9 Å². The van der Waals surface area contributed by atoms with Crippen molar-refractivity contribution in [1.29, 1.82) is 0 Å². The Hall–Kier alpha value is -1.75. The molecule has 1 aliphatic heterocycles. The van der Waals surface area contributed by atoms with E-state index in [9.17, 15) is 15.0 Å². The standard InChI is InChI=1S/C13H16O5/c1-13(8-14,12(15)16)9-3-4-10-11(7-9)18-6-2-5-17-10/h3-4,7,14H,2,5-6,8H2,1H3,(H,15,16). The molecule has 1 unspecified atom stereocenters. The molecule has 1 aromatic carbocycles. The van der Waals surface area contributed by atoms with Crippen molar-refractivity contribution in [2.75, 3.05) is 19.8 Å². The second kappa shape index (κ2) is 4.86. The third-order valence-electron chi connectivity index (χ3n) is 3.17. The summed E-state index contributed by atoms with van der Waals surface area (Å²) in [5, 5.41) is 18.5. The van der Waals surface area contributed by atoms with Crippen LogP contribution in [0.5, 0.6) is 11.5 Å². The maximum absolute atomic E-state index is 11.3. The van der Waals surface area contributed by atoms with E-state index >= 15 is 0 Å². The number of benzene rings is 1. The van der Waals surface area contributed by atoms with Crippen LogP contribution < -0.4 is 9.47 Å². The molecule has 1 atom stereocenters. The normalized spacial score (nSPS) is 17.7. The van der Waals surface area contributed by atoms with E-state index in [1.54, 1.807) is 18.2 Å². The minimum absolute atomic E-state index is 0.470. The van der Waals surface area contributed by atoms with Crippen molar-refractivity contribution in [3.05, 3.63) is 23.8 Å². The van der Waals surface area contributed by atoms with Gasteiger partial charge in [0.25, 0.3) is 0 Å². The molecule has 98 valence electrons. The predicted octanol–water partition coefficient (Wildman–Crippen LogP) is 1.18. The van der Waals surface area contributed by atoms with Crippen molar-refractivity contribution in [2.24, 2.45) is 0 Å². The molecule has 5 nitrogen and oxygen atoms in total. The Morgan fingerprint density at radius 1 is 1.33 bits per heavy atom. The Morgan fingerprint density at radius 3 is 2.61 bits per heavy atom. The number of rotatable bonds is 3. The zero-order chi connectivity index (χ0) is 13.2. The van der Waals surface area contributed by atoms with Gasteiger partial charge in [-0.2, -0.15) is 0 Å². The van der Waals surface area contributed by atoms with E-state index in [2.05, 4.69) is 0 Å². The monoisotopic (exact) mass is 252 g/mol. The number of ether oxygens (including phenoxy) is 2. The Bertz CT molecular complexity index is 457. The quantitative estimate of drug-likeness (QED) is 0.844. The highest BCUT2D eigenvalue weighted by molar-refractivity contribution is 5.81. The van der Waals surface area contributed by atoms with Crippen molar-refractivity contribution in [3.8, 4) is 11.5 Å². The summed E-state index contributed by atoms with van der Waals surface area (Å²) in [5.41, 5.74) is -0.827. The molecule has 0 amide bonds. The minimum atomic E-state index is -1.33. The molecular formula is C13H16O5. The van der Waals surface area contributed by atoms with Crippen LogP contribution in [0.15, 0.2) is 18.2 Å². The van der Waals surface area contributed by atoms with Crippen LogP contribution in [0.3, 0.4) is 0 Å². The largest absolute Gasteiger partial charge is 0.490 e. The van der Waals surface area contributed by atoms with Crippen LogP contribution in [0.25, 0.3) is 0 Å². The summed E-state index contributed by atoms with van der Waals surface area (Å²) in [5.74, 6) is 0.0762. The summed E-state index contributed by atoms with van der Waals surface area (Å²) in [7, 11) is 0. The molecule has 1 aliphatic rings. The number of aliphatic hydroxyl groups excluding tert-OH is 1. The topological polar surface area (TPSA) is 76.0 Å². The van der Waals surface area contributed by atoms with Crippen molar-refractivity contribution in [2.45, 2.75) is 18.8 Å². The first-order valence-electron chi connectivity index (χ1n) is 5.82. The van der Waals surface area contributed by atoms with Crippen molar-refractivity contribution < 1.29 is 24.5 Å². The van der Waals surface area contributed by atoms with E-state index in [4.69, 9.17) is 9.47 Å². The molecule has 0 bridgehead atoms. The predicted molar refractivity (Wildman–Crippen MR) is 64.1 cm³/mol. The van der Waals surface area contributed by atoms with Gasteiger partial charge in [-0.05, 0) is 24.6 Å². The SMILES string of the molecule is CC(CO)(C(=O)O)c1ccc2c(c1)OCCCO2. The van der Waals surface area contributed by atoms with Crippen LogP contribution in [-0.4, -0.2) is 36.0 Å². The number of fused-ring (bicyclic) bond motifs is 1. The van der Waals surface area contributed by atoms with Gasteiger partial charge in [-0.15, -0.1) is 0 Å². The summed E-state index contributed by atoms with van der Waals surface area (Å²) in [6, 6.07) is 4.97. The highest BCUT2D eigenvalue weighted by Gasteiger charge is 2.35. The van der Waals surface area contributed by atoms with Gasteiger partial charge in [0.15, 0.2) is 11.5 Å². The fraction of sp³-hybridized carbons (Fsp3) is 0.462. The third-order valence-corrected chi connectivity index (χ3v) is 3.17. The molecule has 0 fully saturated rings. The average Bonchev–Trinajstić information content (AvgIpc) is 2.61. The van der Waals surface area contributed by atoms with Crippen LogP contribution in [0.4, 0.5) is 0 Å². The first kappa shape index (κ1) is 12.7. The zero-order valence-electron chi connectivity index (χ0n) is 10.2. The first-order valence-corrected chi connectivity index (χ1v) is 5.82.